The van der Waals surface area contributed by atoms with Gasteiger partial charge in [-0.3, -0.25) is 0 Å². The summed E-state index contributed by atoms with van der Waals surface area (Å²) in [4.78, 5) is 2.41. The molecule has 0 unspecified atom stereocenters. The van der Waals surface area contributed by atoms with E-state index in [1.54, 1.807) is 0 Å². The molecule has 2 nitrogen and oxygen atoms in total. The lowest BCUT2D eigenvalue weighted by atomic mass is 9.97. The average molecular weight is 262 g/mol. The monoisotopic (exact) mass is 262 g/mol. The van der Waals surface area contributed by atoms with E-state index < -0.39 is 0 Å². The van der Waals surface area contributed by atoms with Crippen LogP contribution in [0.15, 0.2) is 24.3 Å². The predicted molar refractivity (Wildman–Crippen MR) is 84.6 cm³/mol. The number of nitrogens with two attached hydrogens (primary N) is 1. The number of hydrogen-bond acceptors (Lipinski definition) is 2. The summed E-state index contributed by atoms with van der Waals surface area (Å²) in [6, 6.07) is 9.04. The number of rotatable bonds is 7. The van der Waals surface area contributed by atoms with E-state index in [1.165, 1.54) is 11.1 Å². The van der Waals surface area contributed by atoms with Crippen molar-refractivity contribution in [2.45, 2.75) is 52.0 Å². The van der Waals surface area contributed by atoms with Crippen molar-refractivity contribution in [2.75, 3.05) is 20.1 Å². The molecule has 0 aliphatic heterocycles. The Bertz CT molecular complexity index is 365. The van der Waals surface area contributed by atoms with Crippen LogP contribution in [0.1, 0.15) is 51.2 Å². The average Bonchev–Trinajstić information content (AvgIpc) is 2.36. The zero-order valence-electron chi connectivity index (χ0n) is 13.2. The molecule has 2 heteroatoms. The van der Waals surface area contributed by atoms with Crippen LogP contribution >= 0.6 is 0 Å². The highest BCUT2D eigenvalue weighted by Crippen LogP contribution is 2.18. The maximum atomic E-state index is 5.68. The molecule has 0 aliphatic rings. The highest BCUT2D eigenvalue weighted by atomic mass is 15.2. The Kier molecular flexibility index (Phi) is 6.02. The van der Waals surface area contributed by atoms with Gasteiger partial charge in [-0.05, 0) is 57.3 Å². The van der Waals surface area contributed by atoms with Crippen LogP contribution in [0.4, 0.5) is 0 Å². The molecular formula is C17H30N2. The molecule has 0 saturated carbocycles. The van der Waals surface area contributed by atoms with Gasteiger partial charge in [0.15, 0.2) is 0 Å². The van der Waals surface area contributed by atoms with E-state index >= 15 is 0 Å². The van der Waals surface area contributed by atoms with Crippen molar-refractivity contribution >= 4 is 0 Å². The van der Waals surface area contributed by atoms with Crippen molar-refractivity contribution in [2.24, 2.45) is 5.73 Å². The van der Waals surface area contributed by atoms with E-state index in [2.05, 4.69) is 63.9 Å². The van der Waals surface area contributed by atoms with Crippen molar-refractivity contribution < 1.29 is 0 Å². The maximum absolute atomic E-state index is 5.68. The SMILES string of the molecule is CC(C)c1ccc(CCN(C)C(C)(C)CCN)cc1. The lowest BCUT2D eigenvalue weighted by molar-refractivity contribution is 0.150. The summed E-state index contributed by atoms with van der Waals surface area (Å²) in [5, 5.41) is 0. The summed E-state index contributed by atoms with van der Waals surface area (Å²) >= 11 is 0. The van der Waals surface area contributed by atoms with Gasteiger partial charge < -0.3 is 10.6 Å². The smallest absolute Gasteiger partial charge is 0.0162 e. The molecular weight excluding hydrogens is 232 g/mol. The van der Waals surface area contributed by atoms with Crippen molar-refractivity contribution in [3.63, 3.8) is 0 Å². The van der Waals surface area contributed by atoms with Crippen molar-refractivity contribution in [3.8, 4) is 0 Å². The highest BCUT2D eigenvalue weighted by Gasteiger charge is 2.21. The second-order valence-corrected chi connectivity index (χ2v) is 6.42. The van der Waals surface area contributed by atoms with E-state index in [1.807, 2.05) is 0 Å². The van der Waals surface area contributed by atoms with Crippen LogP contribution in [0.2, 0.25) is 0 Å². The van der Waals surface area contributed by atoms with Gasteiger partial charge in [-0.15, -0.1) is 0 Å². The fraction of sp³-hybridized carbons (Fsp3) is 0.647. The Labute approximate surface area is 119 Å². The second kappa shape index (κ2) is 7.06. The molecule has 0 aromatic heterocycles. The minimum atomic E-state index is 0.187. The minimum absolute atomic E-state index is 0.187. The second-order valence-electron chi connectivity index (χ2n) is 6.42. The third-order valence-electron chi connectivity index (χ3n) is 4.17. The van der Waals surface area contributed by atoms with Crippen molar-refractivity contribution in [1.29, 1.82) is 0 Å². The summed E-state index contributed by atoms with van der Waals surface area (Å²) in [5.74, 6) is 0.611. The third kappa shape index (κ3) is 4.96. The van der Waals surface area contributed by atoms with Crippen LogP contribution in [0.5, 0.6) is 0 Å². The standard InChI is InChI=1S/C17H30N2/c1-14(2)16-8-6-15(7-9-16)10-13-19(5)17(3,4)11-12-18/h6-9,14H,10-13,18H2,1-5H3. The zero-order chi connectivity index (χ0) is 14.5. The number of benzene rings is 1. The highest BCUT2D eigenvalue weighted by molar-refractivity contribution is 5.24. The molecule has 0 amide bonds. The first kappa shape index (κ1) is 16.2. The van der Waals surface area contributed by atoms with E-state index in [0.29, 0.717) is 5.92 Å². The molecule has 1 aromatic rings. The summed E-state index contributed by atoms with van der Waals surface area (Å²) in [5.41, 5.74) is 8.70. The summed E-state index contributed by atoms with van der Waals surface area (Å²) in [6.07, 6.45) is 2.14. The molecule has 108 valence electrons. The molecule has 1 rings (SSSR count). The summed E-state index contributed by atoms with van der Waals surface area (Å²) < 4.78 is 0. The molecule has 1 aromatic carbocycles. The Morgan fingerprint density at radius 2 is 1.74 bits per heavy atom. The molecule has 2 N–H and O–H groups in total. The zero-order valence-corrected chi connectivity index (χ0v) is 13.2. The first-order chi connectivity index (χ1) is 8.86. The van der Waals surface area contributed by atoms with Crippen molar-refractivity contribution in [3.05, 3.63) is 35.4 Å². The van der Waals surface area contributed by atoms with Gasteiger partial charge >= 0.3 is 0 Å². The lowest BCUT2D eigenvalue weighted by Crippen LogP contribution is -2.43. The van der Waals surface area contributed by atoms with Crippen LogP contribution in [0, 0.1) is 0 Å². The van der Waals surface area contributed by atoms with Crippen molar-refractivity contribution in [1.82, 2.24) is 4.90 Å². The maximum Gasteiger partial charge on any atom is 0.0162 e. The van der Waals surface area contributed by atoms with Crippen LogP contribution in [-0.4, -0.2) is 30.6 Å². The Hall–Kier alpha value is -0.860. The van der Waals surface area contributed by atoms with Gasteiger partial charge in [-0.25, -0.2) is 0 Å². The minimum Gasteiger partial charge on any atom is -0.330 e. The largest absolute Gasteiger partial charge is 0.330 e. The van der Waals surface area contributed by atoms with E-state index in [0.717, 1.165) is 25.9 Å². The third-order valence-corrected chi connectivity index (χ3v) is 4.17. The molecule has 19 heavy (non-hydrogen) atoms. The Morgan fingerprint density at radius 1 is 1.16 bits per heavy atom. The van der Waals surface area contributed by atoms with Gasteiger partial charge in [0.25, 0.3) is 0 Å². The molecule has 0 radical (unpaired) electrons. The summed E-state index contributed by atoms with van der Waals surface area (Å²) in [7, 11) is 2.19. The number of likely N-dealkylation sites (N-methyl/N-ethyl adjacent to an activating group) is 1. The van der Waals surface area contributed by atoms with E-state index in [4.69, 9.17) is 5.73 Å². The fourth-order valence-corrected chi connectivity index (χ4v) is 2.21. The molecule has 0 bridgehead atoms. The first-order valence-corrected chi connectivity index (χ1v) is 7.37. The van der Waals surface area contributed by atoms with Crippen LogP contribution in [-0.2, 0) is 6.42 Å². The first-order valence-electron chi connectivity index (χ1n) is 7.37. The van der Waals surface area contributed by atoms with Crippen LogP contribution in [0.25, 0.3) is 0 Å². The van der Waals surface area contributed by atoms with Gasteiger partial charge in [0.1, 0.15) is 0 Å². The fourth-order valence-electron chi connectivity index (χ4n) is 2.21. The van der Waals surface area contributed by atoms with E-state index in [-0.39, 0.29) is 5.54 Å². The van der Waals surface area contributed by atoms with Gasteiger partial charge in [0.05, 0.1) is 0 Å². The molecule has 0 saturated heterocycles. The van der Waals surface area contributed by atoms with Gasteiger partial charge in [-0.2, -0.15) is 0 Å². The number of hydrogen-bond donors (Lipinski definition) is 1. The lowest BCUT2D eigenvalue weighted by Gasteiger charge is -2.35. The summed E-state index contributed by atoms with van der Waals surface area (Å²) in [6.45, 7) is 10.8. The predicted octanol–water partition coefficient (Wildman–Crippen LogP) is 3.41. The van der Waals surface area contributed by atoms with Gasteiger partial charge in [0.2, 0.25) is 0 Å². The number of nitrogens with zero attached hydrogens (tertiary/aromatic N) is 1. The molecule has 0 atom stereocenters. The Balaban J connectivity index is 2.52. The van der Waals surface area contributed by atoms with Crippen LogP contribution in [0.3, 0.4) is 0 Å². The molecule has 0 aliphatic carbocycles. The normalized spacial score (nSPS) is 12.4. The van der Waals surface area contributed by atoms with Crippen LogP contribution < -0.4 is 5.73 Å². The van der Waals surface area contributed by atoms with Gasteiger partial charge in [-0.1, -0.05) is 38.1 Å². The molecule has 0 spiro atoms. The Morgan fingerprint density at radius 3 is 2.21 bits per heavy atom. The quantitative estimate of drug-likeness (QED) is 0.816. The van der Waals surface area contributed by atoms with Gasteiger partial charge in [0, 0.05) is 12.1 Å². The topological polar surface area (TPSA) is 29.3 Å². The van der Waals surface area contributed by atoms with E-state index in [9.17, 15) is 0 Å². The molecule has 0 heterocycles. The molecule has 0 fully saturated rings.